The Bertz CT molecular complexity index is 688. The van der Waals surface area contributed by atoms with E-state index in [1.165, 1.54) is 19.2 Å². The number of hydrogen-bond acceptors (Lipinski definition) is 5. The molecule has 144 valence electrons. The molecule has 0 aliphatic heterocycles. The number of hydrogen-bond donors (Lipinski definition) is 3. The predicted molar refractivity (Wildman–Crippen MR) is 95.9 cm³/mol. The first-order chi connectivity index (χ1) is 12.1. The number of anilines is 1. The van der Waals surface area contributed by atoms with Gasteiger partial charge in [-0.15, -0.1) is 0 Å². The molecule has 0 fully saturated rings. The molecule has 7 nitrogen and oxygen atoms in total. The van der Waals surface area contributed by atoms with Gasteiger partial charge in [0.25, 0.3) is 5.91 Å². The number of carbonyl (C=O) groups excluding carboxylic acids is 2. The van der Waals surface area contributed by atoms with Crippen molar-refractivity contribution in [3.05, 3.63) is 22.3 Å². The molecule has 12 heteroatoms. The number of ether oxygens (including phenoxy) is 1. The van der Waals surface area contributed by atoms with Crippen molar-refractivity contribution < 1.29 is 27.5 Å². The second-order valence-corrected chi connectivity index (χ2v) is 6.15. The highest BCUT2D eigenvalue weighted by Crippen LogP contribution is 2.24. The summed E-state index contributed by atoms with van der Waals surface area (Å²) in [5, 5.41) is 6.34. The zero-order valence-electron chi connectivity index (χ0n) is 13.7. The maximum absolute atomic E-state index is 12.9. The summed E-state index contributed by atoms with van der Waals surface area (Å²) in [6, 6.07) is -0.729. The molecule has 1 atom stereocenters. The van der Waals surface area contributed by atoms with Gasteiger partial charge in [0.2, 0.25) is 0 Å². The first kappa shape index (κ1) is 22.1. The Labute approximate surface area is 161 Å². The van der Waals surface area contributed by atoms with Crippen molar-refractivity contribution in [3.63, 3.8) is 0 Å². The molecule has 0 saturated carbocycles. The van der Waals surface area contributed by atoms with Crippen LogP contribution in [0.4, 0.5) is 23.8 Å². The van der Waals surface area contributed by atoms with Gasteiger partial charge in [-0.3, -0.25) is 10.1 Å². The molecule has 1 rings (SSSR count). The standard InChI is InChI=1S/C14H16BrF3N4O3S/c1-3-9(14(16,17)18)20-11(23)8-5-7(15)6-19-10(8)21-12(26)22-13(24)25-4-2/h5-6,9H,3-4H2,1-2H3,(H,20,23)(H2,19,21,22,24,26)/t9-/m0/s1. The molecular weight excluding hydrogens is 441 g/mol. The van der Waals surface area contributed by atoms with E-state index >= 15 is 0 Å². The Hall–Kier alpha value is -1.95. The quantitative estimate of drug-likeness (QED) is 0.588. The normalized spacial score (nSPS) is 12.1. The van der Waals surface area contributed by atoms with Crippen molar-refractivity contribution in [1.29, 1.82) is 0 Å². The maximum Gasteiger partial charge on any atom is 0.413 e. The summed E-state index contributed by atoms with van der Waals surface area (Å²) in [4.78, 5) is 27.5. The van der Waals surface area contributed by atoms with Gasteiger partial charge in [0.05, 0.1) is 12.2 Å². The number of nitrogens with one attached hydrogen (secondary N) is 3. The summed E-state index contributed by atoms with van der Waals surface area (Å²) in [5.74, 6) is -1.12. The number of amides is 2. The molecule has 3 N–H and O–H groups in total. The topological polar surface area (TPSA) is 92.3 Å². The fourth-order valence-electron chi connectivity index (χ4n) is 1.76. The molecule has 2 amide bonds. The Morgan fingerprint density at radius 3 is 2.58 bits per heavy atom. The third kappa shape index (κ3) is 6.75. The zero-order chi connectivity index (χ0) is 19.9. The largest absolute Gasteiger partial charge is 0.450 e. The molecule has 0 aromatic carbocycles. The van der Waals surface area contributed by atoms with Crippen LogP contribution in [0.2, 0.25) is 0 Å². The fraction of sp³-hybridized carbons (Fsp3) is 0.429. The number of alkyl halides is 3. The van der Waals surface area contributed by atoms with Gasteiger partial charge >= 0.3 is 12.3 Å². The van der Waals surface area contributed by atoms with E-state index < -0.39 is 24.2 Å². The minimum Gasteiger partial charge on any atom is -0.450 e. The molecule has 1 heterocycles. The number of carbonyl (C=O) groups is 2. The molecule has 0 saturated heterocycles. The Kier molecular flexibility index (Phi) is 8.21. The molecule has 0 unspecified atom stereocenters. The van der Waals surface area contributed by atoms with E-state index in [4.69, 9.17) is 12.2 Å². The average molecular weight is 457 g/mol. The molecule has 26 heavy (non-hydrogen) atoms. The monoisotopic (exact) mass is 456 g/mol. The Balaban J connectivity index is 2.98. The third-order valence-corrected chi connectivity index (χ3v) is 3.57. The Morgan fingerprint density at radius 2 is 2.04 bits per heavy atom. The van der Waals surface area contributed by atoms with E-state index in [0.717, 1.165) is 0 Å². The highest BCUT2D eigenvalue weighted by molar-refractivity contribution is 9.10. The van der Waals surface area contributed by atoms with Gasteiger partial charge in [-0.2, -0.15) is 13.2 Å². The average Bonchev–Trinajstić information content (AvgIpc) is 2.52. The van der Waals surface area contributed by atoms with Gasteiger partial charge in [-0.1, -0.05) is 6.92 Å². The predicted octanol–water partition coefficient (Wildman–Crippen LogP) is 3.36. The Morgan fingerprint density at radius 1 is 1.38 bits per heavy atom. The number of thiocarbonyl (C=S) groups is 1. The van der Waals surface area contributed by atoms with Crippen LogP contribution in [0.3, 0.4) is 0 Å². The molecule has 0 aliphatic rings. The summed E-state index contributed by atoms with van der Waals surface area (Å²) in [6.07, 6.45) is -4.43. The van der Waals surface area contributed by atoms with Crippen LogP contribution in [0.1, 0.15) is 30.6 Å². The van der Waals surface area contributed by atoms with E-state index in [1.54, 1.807) is 6.92 Å². The lowest BCUT2D eigenvalue weighted by molar-refractivity contribution is -0.153. The van der Waals surface area contributed by atoms with E-state index in [2.05, 4.69) is 36.3 Å². The van der Waals surface area contributed by atoms with Crippen LogP contribution in [-0.4, -0.2) is 40.9 Å². The second-order valence-electron chi connectivity index (χ2n) is 4.83. The van der Waals surface area contributed by atoms with Crippen molar-refractivity contribution >= 4 is 51.1 Å². The van der Waals surface area contributed by atoms with Gasteiger partial charge in [0.1, 0.15) is 11.9 Å². The number of nitrogens with zero attached hydrogens (tertiary/aromatic N) is 1. The molecule has 1 aromatic rings. The van der Waals surface area contributed by atoms with Gasteiger partial charge in [0, 0.05) is 10.7 Å². The van der Waals surface area contributed by atoms with Crippen molar-refractivity contribution in [1.82, 2.24) is 15.6 Å². The maximum atomic E-state index is 12.9. The van der Waals surface area contributed by atoms with Crippen molar-refractivity contribution in [2.75, 3.05) is 11.9 Å². The van der Waals surface area contributed by atoms with Crippen LogP contribution in [0.25, 0.3) is 0 Å². The smallest absolute Gasteiger partial charge is 0.413 e. The second kappa shape index (κ2) is 9.67. The van der Waals surface area contributed by atoms with Crippen molar-refractivity contribution in [2.45, 2.75) is 32.5 Å². The fourth-order valence-corrected chi connectivity index (χ4v) is 2.27. The lowest BCUT2D eigenvalue weighted by Crippen LogP contribution is -2.45. The number of rotatable bonds is 5. The van der Waals surface area contributed by atoms with E-state index in [-0.39, 0.29) is 29.5 Å². The first-order valence-electron chi connectivity index (χ1n) is 7.36. The van der Waals surface area contributed by atoms with Crippen LogP contribution in [0.15, 0.2) is 16.7 Å². The van der Waals surface area contributed by atoms with Gasteiger partial charge in [0.15, 0.2) is 5.11 Å². The van der Waals surface area contributed by atoms with E-state index in [0.29, 0.717) is 4.47 Å². The lowest BCUT2D eigenvalue weighted by Gasteiger charge is -2.21. The number of halogens is 4. The van der Waals surface area contributed by atoms with Crippen LogP contribution in [0, 0.1) is 0 Å². The number of aromatic nitrogens is 1. The lowest BCUT2D eigenvalue weighted by atomic mass is 10.2. The van der Waals surface area contributed by atoms with Crippen LogP contribution < -0.4 is 16.0 Å². The number of alkyl carbamates (subject to hydrolysis) is 1. The van der Waals surface area contributed by atoms with Gasteiger partial charge in [-0.25, -0.2) is 9.78 Å². The molecule has 1 aromatic heterocycles. The van der Waals surface area contributed by atoms with Crippen LogP contribution in [0.5, 0.6) is 0 Å². The molecule has 0 bridgehead atoms. The number of pyridine rings is 1. The highest BCUT2D eigenvalue weighted by atomic mass is 79.9. The molecule has 0 aliphatic carbocycles. The minimum atomic E-state index is -4.59. The van der Waals surface area contributed by atoms with Gasteiger partial charge < -0.3 is 15.4 Å². The molecule has 0 spiro atoms. The summed E-state index contributed by atoms with van der Waals surface area (Å²) in [5.41, 5.74) is -0.185. The van der Waals surface area contributed by atoms with Crippen LogP contribution in [-0.2, 0) is 4.74 Å². The van der Waals surface area contributed by atoms with Crippen LogP contribution >= 0.6 is 28.1 Å². The van der Waals surface area contributed by atoms with Crippen molar-refractivity contribution in [2.24, 2.45) is 0 Å². The SMILES string of the molecule is CCOC(=O)NC(=S)Nc1ncc(Br)cc1C(=O)N[C@@H](CC)C(F)(F)F. The van der Waals surface area contributed by atoms with E-state index in [9.17, 15) is 22.8 Å². The third-order valence-electron chi connectivity index (χ3n) is 2.93. The zero-order valence-corrected chi connectivity index (χ0v) is 16.1. The van der Waals surface area contributed by atoms with Crippen molar-refractivity contribution in [3.8, 4) is 0 Å². The molecule has 0 radical (unpaired) electrons. The van der Waals surface area contributed by atoms with E-state index in [1.807, 2.05) is 5.32 Å². The van der Waals surface area contributed by atoms with Gasteiger partial charge in [-0.05, 0) is 47.6 Å². The summed E-state index contributed by atoms with van der Waals surface area (Å²) in [7, 11) is 0. The first-order valence-corrected chi connectivity index (χ1v) is 8.56. The minimum absolute atomic E-state index is 0.120. The molecular formula is C14H16BrF3N4O3S. The summed E-state index contributed by atoms with van der Waals surface area (Å²) in [6.45, 7) is 3.02. The highest BCUT2D eigenvalue weighted by Gasteiger charge is 2.39. The summed E-state index contributed by atoms with van der Waals surface area (Å²) < 4.78 is 43.6. The summed E-state index contributed by atoms with van der Waals surface area (Å²) >= 11 is 7.99.